The topological polar surface area (TPSA) is 106 Å². The SMILES string of the molecule is O=C(N[C@H](c1cn2nc(CC3C[C@@H](C(F)(F)F)CNC3=O)ccc2n1)C1CCC(F)(F)CC1)c1ccnn1CC(F)(F)F. The van der Waals surface area contributed by atoms with Crippen molar-refractivity contribution in [2.75, 3.05) is 6.54 Å². The van der Waals surface area contributed by atoms with Gasteiger partial charge in [-0.05, 0) is 43.4 Å². The number of imidazole rings is 1. The molecular formula is C26H27F8N7O2. The van der Waals surface area contributed by atoms with E-state index in [-0.39, 0.29) is 36.3 Å². The summed E-state index contributed by atoms with van der Waals surface area (Å²) in [4.78, 5) is 29.8. The summed E-state index contributed by atoms with van der Waals surface area (Å²) in [5.74, 6) is -7.49. The van der Waals surface area contributed by atoms with Gasteiger partial charge in [0.1, 0.15) is 12.2 Å². The van der Waals surface area contributed by atoms with Gasteiger partial charge < -0.3 is 10.6 Å². The van der Waals surface area contributed by atoms with E-state index in [4.69, 9.17) is 0 Å². The molecular weight excluding hydrogens is 594 g/mol. The number of carbonyl (C=O) groups excluding carboxylic acids is 2. The number of alkyl halides is 8. The lowest BCUT2D eigenvalue weighted by atomic mass is 9.81. The van der Waals surface area contributed by atoms with Crippen molar-refractivity contribution < 1.29 is 44.7 Å². The first-order valence-electron chi connectivity index (χ1n) is 13.5. The number of fused-ring (bicyclic) bond motifs is 1. The van der Waals surface area contributed by atoms with Crippen LogP contribution >= 0.6 is 0 Å². The van der Waals surface area contributed by atoms with Gasteiger partial charge in [0.05, 0.1) is 29.5 Å². The van der Waals surface area contributed by atoms with Crippen LogP contribution in [0.2, 0.25) is 0 Å². The van der Waals surface area contributed by atoms with Crippen LogP contribution in [0.15, 0.2) is 30.6 Å². The van der Waals surface area contributed by atoms with Gasteiger partial charge in [-0.15, -0.1) is 0 Å². The van der Waals surface area contributed by atoms with E-state index in [0.717, 1.165) is 12.3 Å². The summed E-state index contributed by atoms with van der Waals surface area (Å²) in [7, 11) is 0. The monoisotopic (exact) mass is 621 g/mol. The molecule has 1 saturated heterocycles. The van der Waals surface area contributed by atoms with Gasteiger partial charge >= 0.3 is 12.4 Å². The Morgan fingerprint density at radius 3 is 2.51 bits per heavy atom. The van der Waals surface area contributed by atoms with Gasteiger partial charge in [0.15, 0.2) is 5.65 Å². The first-order chi connectivity index (χ1) is 20.1. The standard InChI is InChI=1S/C26H27F8N7O2/c27-24(28)6-3-14(4-7-24)21(38-23(43)19-5-8-36-41(19)13-25(29,30)31)18-12-40-20(37-18)2-1-17(39-40)10-15-9-16(26(32,33)34)11-35-22(15)42/h1-2,5,8,12,14-16,21H,3-4,6-7,9-11,13H2,(H,35,42)(H,38,43)/t15?,16-,21+/m1/s1. The summed E-state index contributed by atoms with van der Waals surface area (Å²) in [6, 6.07) is 3.15. The summed E-state index contributed by atoms with van der Waals surface area (Å²) in [5, 5.41) is 12.9. The largest absolute Gasteiger partial charge is 0.408 e. The molecule has 2 fully saturated rings. The van der Waals surface area contributed by atoms with Crippen LogP contribution in [0.1, 0.15) is 60.0 Å². The number of hydrogen-bond acceptors (Lipinski definition) is 5. The number of hydrogen-bond donors (Lipinski definition) is 2. The van der Waals surface area contributed by atoms with Crippen molar-refractivity contribution in [3.63, 3.8) is 0 Å². The van der Waals surface area contributed by atoms with Crippen molar-refractivity contribution >= 4 is 17.5 Å². The van der Waals surface area contributed by atoms with E-state index in [1.807, 2.05) is 0 Å². The Labute approximate surface area is 239 Å². The number of carbonyl (C=O) groups is 2. The first-order valence-corrected chi connectivity index (χ1v) is 13.5. The Morgan fingerprint density at radius 1 is 1.12 bits per heavy atom. The van der Waals surface area contributed by atoms with E-state index in [9.17, 15) is 44.7 Å². The lowest BCUT2D eigenvalue weighted by Gasteiger charge is -2.33. The Balaban J connectivity index is 1.39. The molecule has 5 rings (SSSR count). The summed E-state index contributed by atoms with van der Waals surface area (Å²) in [6.07, 6.45) is -8.02. The number of rotatable bonds is 7. The molecule has 0 aromatic carbocycles. The molecule has 0 radical (unpaired) electrons. The van der Waals surface area contributed by atoms with E-state index in [1.165, 1.54) is 22.8 Å². The van der Waals surface area contributed by atoms with Gasteiger partial charge in [-0.25, -0.2) is 18.3 Å². The summed E-state index contributed by atoms with van der Waals surface area (Å²) < 4.78 is 108. The molecule has 43 heavy (non-hydrogen) atoms. The normalized spacial score (nSPS) is 22.4. The van der Waals surface area contributed by atoms with Crippen molar-refractivity contribution in [1.82, 2.24) is 35.0 Å². The maximum absolute atomic E-state index is 13.9. The molecule has 2 N–H and O–H groups in total. The molecule has 4 heterocycles. The number of aromatic nitrogens is 5. The molecule has 1 aliphatic carbocycles. The number of halogens is 8. The maximum Gasteiger partial charge on any atom is 0.408 e. The van der Waals surface area contributed by atoms with Gasteiger partial charge in [0.25, 0.3) is 5.91 Å². The number of piperidine rings is 1. The lowest BCUT2D eigenvalue weighted by molar-refractivity contribution is -0.183. The molecule has 3 aromatic heterocycles. The highest BCUT2D eigenvalue weighted by Gasteiger charge is 2.45. The minimum absolute atomic E-state index is 0.00345. The Morgan fingerprint density at radius 2 is 1.84 bits per heavy atom. The molecule has 2 aliphatic rings. The zero-order chi connectivity index (χ0) is 31.2. The molecule has 2 amide bonds. The Kier molecular flexibility index (Phi) is 8.11. The molecule has 1 aliphatic heterocycles. The first kappa shape index (κ1) is 30.7. The zero-order valence-electron chi connectivity index (χ0n) is 22.4. The van der Waals surface area contributed by atoms with Gasteiger partial charge in [-0.2, -0.15) is 36.5 Å². The fourth-order valence-corrected chi connectivity index (χ4v) is 5.64. The third-order valence-corrected chi connectivity index (χ3v) is 7.89. The number of nitrogens with zero attached hydrogens (tertiary/aromatic N) is 5. The van der Waals surface area contributed by atoms with E-state index in [2.05, 4.69) is 25.8 Å². The number of nitrogens with one attached hydrogen (secondary N) is 2. The van der Waals surface area contributed by atoms with Crippen LogP contribution in [0.25, 0.3) is 5.65 Å². The maximum atomic E-state index is 13.9. The van der Waals surface area contributed by atoms with Crippen LogP contribution in [0, 0.1) is 17.8 Å². The highest BCUT2D eigenvalue weighted by molar-refractivity contribution is 5.92. The van der Waals surface area contributed by atoms with Crippen molar-refractivity contribution in [3.8, 4) is 0 Å². The Hall–Kier alpha value is -3.79. The Bertz CT molecular complexity index is 1470. The second-order valence-electron chi connectivity index (χ2n) is 11.0. The second-order valence-corrected chi connectivity index (χ2v) is 11.0. The molecule has 17 heteroatoms. The molecule has 234 valence electrons. The minimum atomic E-state index is -4.65. The molecule has 3 atom stereocenters. The van der Waals surface area contributed by atoms with E-state index < -0.39 is 86.2 Å². The molecule has 0 bridgehead atoms. The van der Waals surface area contributed by atoms with Gasteiger partial charge in [-0.1, -0.05) is 0 Å². The summed E-state index contributed by atoms with van der Waals surface area (Å²) >= 11 is 0. The zero-order valence-corrected chi connectivity index (χ0v) is 22.4. The highest BCUT2D eigenvalue weighted by Crippen LogP contribution is 2.41. The molecule has 9 nitrogen and oxygen atoms in total. The predicted molar refractivity (Wildman–Crippen MR) is 133 cm³/mol. The molecule has 1 unspecified atom stereocenters. The van der Waals surface area contributed by atoms with Gasteiger partial charge in [0, 0.05) is 37.9 Å². The van der Waals surface area contributed by atoms with E-state index >= 15 is 0 Å². The average Bonchev–Trinajstić information content (AvgIpc) is 3.53. The van der Waals surface area contributed by atoms with Gasteiger partial charge in [0.2, 0.25) is 11.8 Å². The number of amides is 2. The van der Waals surface area contributed by atoms with Gasteiger partial charge in [-0.3, -0.25) is 14.3 Å². The third kappa shape index (κ3) is 7.24. The van der Waals surface area contributed by atoms with Crippen LogP contribution in [0.3, 0.4) is 0 Å². The van der Waals surface area contributed by atoms with E-state index in [1.54, 1.807) is 0 Å². The predicted octanol–water partition coefficient (Wildman–Crippen LogP) is 4.64. The van der Waals surface area contributed by atoms with Crippen LogP contribution in [-0.2, 0) is 17.8 Å². The van der Waals surface area contributed by atoms with Crippen molar-refractivity contribution in [3.05, 3.63) is 47.7 Å². The average molecular weight is 622 g/mol. The van der Waals surface area contributed by atoms with Crippen LogP contribution in [0.4, 0.5) is 35.1 Å². The fraction of sp³-hybridized carbons (Fsp3) is 0.577. The van der Waals surface area contributed by atoms with E-state index in [0.29, 0.717) is 10.4 Å². The quantitative estimate of drug-likeness (QED) is 0.374. The van der Waals surface area contributed by atoms with Crippen molar-refractivity contribution in [2.45, 2.75) is 69.4 Å². The molecule has 1 saturated carbocycles. The second kappa shape index (κ2) is 11.4. The lowest BCUT2D eigenvalue weighted by Crippen LogP contribution is -2.47. The van der Waals surface area contributed by atoms with Crippen LogP contribution < -0.4 is 10.6 Å². The van der Waals surface area contributed by atoms with Crippen molar-refractivity contribution in [1.29, 1.82) is 0 Å². The van der Waals surface area contributed by atoms with Crippen LogP contribution in [-0.4, -0.2) is 61.0 Å². The van der Waals surface area contributed by atoms with Crippen LogP contribution in [0.5, 0.6) is 0 Å². The molecule has 0 spiro atoms. The fourth-order valence-electron chi connectivity index (χ4n) is 5.64. The third-order valence-electron chi connectivity index (χ3n) is 7.89. The smallest absolute Gasteiger partial charge is 0.355 e. The van der Waals surface area contributed by atoms with Crippen molar-refractivity contribution in [2.24, 2.45) is 17.8 Å². The minimum Gasteiger partial charge on any atom is -0.355 e. The summed E-state index contributed by atoms with van der Waals surface area (Å²) in [6.45, 7) is -2.00. The molecule has 3 aromatic rings. The summed E-state index contributed by atoms with van der Waals surface area (Å²) in [5.41, 5.74) is 0.397. The highest BCUT2D eigenvalue weighted by atomic mass is 19.4.